The molecule has 0 aromatic heterocycles. The first-order valence-corrected chi connectivity index (χ1v) is 5.38. The lowest BCUT2D eigenvalue weighted by atomic mass is 9.76. The third-order valence-corrected chi connectivity index (χ3v) is 3.06. The zero-order valence-electron chi connectivity index (χ0n) is 9.50. The number of thiocarbonyl (C=S) groups is 1. The summed E-state index contributed by atoms with van der Waals surface area (Å²) < 4.78 is 0. The Morgan fingerprint density at radius 3 is 2.64 bits per heavy atom. The summed E-state index contributed by atoms with van der Waals surface area (Å²) in [5, 5.41) is 4.13. The van der Waals surface area contributed by atoms with Crippen LogP contribution in [-0.4, -0.2) is 11.3 Å². The average molecular weight is 215 g/mol. The molecule has 0 rings (SSSR count). The van der Waals surface area contributed by atoms with Crippen molar-refractivity contribution in [2.75, 3.05) is 0 Å². The molecule has 0 heterocycles. The number of hydrazone groups is 1. The van der Waals surface area contributed by atoms with Gasteiger partial charge in [0.15, 0.2) is 5.11 Å². The molecule has 0 aliphatic carbocycles. The van der Waals surface area contributed by atoms with E-state index in [0.29, 0.717) is 11.3 Å². The van der Waals surface area contributed by atoms with Gasteiger partial charge in [0, 0.05) is 6.21 Å². The Morgan fingerprint density at radius 2 is 2.21 bits per heavy atom. The third kappa shape index (κ3) is 5.17. The molecule has 0 amide bonds. The molecule has 3 N–H and O–H groups in total. The van der Waals surface area contributed by atoms with E-state index in [-0.39, 0.29) is 5.11 Å². The molecular formula is C10H21N3S. The van der Waals surface area contributed by atoms with Gasteiger partial charge in [-0.2, -0.15) is 5.10 Å². The number of nitrogens with one attached hydrogen (secondary N) is 1. The topological polar surface area (TPSA) is 50.4 Å². The quantitative estimate of drug-likeness (QED) is 0.420. The lowest BCUT2D eigenvalue weighted by Gasteiger charge is -2.29. The first kappa shape index (κ1) is 13.4. The summed E-state index contributed by atoms with van der Waals surface area (Å²) in [5.41, 5.74) is 8.13. The van der Waals surface area contributed by atoms with Crippen LogP contribution in [0.3, 0.4) is 0 Å². The van der Waals surface area contributed by atoms with E-state index < -0.39 is 0 Å². The molecule has 4 heteroatoms. The largest absolute Gasteiger partial charge is 0.375 e. The minimum atomic E-state index is 0.212. The number of hydrogen-bond donors (Lipinski definition) is 2. The summed E-state index contributed by atoms with van der Waals surface area (Å²) in [6.07, 6.45) is 3.95. The van der Waals surface area contributed by atoms with Crippen molar-refractivity contribution in [3.8, 4) is 0 Å². The predicted octanol–water partition coefficient (Wildman–Crippen LogP) is 2.27. The Hall–Kier alpha value is -0.640. The second-order valence-corrected chi connectivity index (χ2v) is 4.71. The van der Waals surface area contributed by atoms with E-state index in [1.165, 1.54) is 6.42 Å². The highest BCUT2D eigenvalue weighted by Gasteiger charge is 2.22. The van der Waals surface area contributed by atoms with E-state index in [0.717, 1.165) is 6.42 Å². The van der Waals surface area contributed by atoms with Crippen LogP contribution in [0.4, 0.5) is 0 Å². The summed E-state index contributed by atoms with van der Waals surface area (Å²) in [4.78, 5) is 0. The van der Waals surface area contributed by atoms with E-state index >= 15 is 0 Å². The van der Waals surface area contributed by atoms with Crippen LogP contribution in [0.5, 0.6) is 0 Å². The SMILES string of the molecule is CCC(C)(C)C(C)C/C=N\NC(N)=S. The normalized spacial score (nSPS) is 14.3. The molecule has 0 saturated carbocycles. The molecule has 0 spiro atoms. The Bertz CT molecular complexity index is 211. The summed E-state index contributed by atoms with van der Waals surface area (Å²) in [6.45, 7) is 8.98. The van der Waals surface area contributed by atoms with Crippen LogP contribution >= 0.6 is 12.2 Å². The van der Waals surface area contributed by atoms with Crippen LogP contribution in [0.2, 0.25) is 0 Å². The molecule has 0 radical (unpaired) electrons. The van der Waals surface area contributed by atoms with Crippen LogP contribution in [0, 0.1) is 11.3 Å². The van der Waals surface area contributed by atoms with Crippen LogP contribution in [-0.2, 0) is 0 Å². The standard InChI is InChI=1S/C10H21N3S/c1-5-10(3,4)8(2)6-7-12-13-9(11)14/h7-8H,5-6H2,1-4H3,(H3,11,13,14)/b12-7-. The van der Waals surface area contributed by atoms with Gasteiger partial charge in [-0.15, -0.1) is 0 Å². The molecule has 3 nitrogen and oxygen atoms in total. The summed E-state index contributed by atoms with van der Waals surface area (Å²) in [6, 6.07) is 0. The van der Waals surface area contributed by atoms with Gasteiger partial charge in [0.1, 0.15) is 0 Å². The fourth-order valence-electron chi connectivity index (χ4n) is 0.988. The van der Waals surface area contributed by atoms with E-state index in [1.807, 2.05) is 6.21 Å². The maximum absolute atomic E-state index is 5.23. The van der Waals surface area contributed by atoms with Gasteiger partial charge in [-0.1, -0.05) is 34.1 Å². The van der Waals surface area contributed by atoms with Gasteiger partial charge in [-0.25, -0.2) is 0 Å². The van der Waals surface area contributed by atoms with Crippen LogP contribution < -0.4 is 11.2 Å². The van der Waals surface area contributed by atoms with Crippen molar-refractivity contribution >= 4 is 23.5 Å². The molecule has 0 bridgehead atoms. The van der Waals surface area contributed by atoms with Gasteiger partial charge in [-0.3, -0.25) is 5.43 Å². The number of rotatable bonds is 5. The van der Waals surface area contributed by atoms with E-state index in [2.05, 4.69) is 50.4 Å². The molecular weight excluding hydrogens is 194 g/mol. The van der Waals surface area contributed by atoms with E-state index in [9.17, 15) is 0 Å². The van der Waals surface area contributed by atoms with Gasteiger partial charge in [0.05, 0.1) is 0 Å². The van der Waals surface area contributed by atoms with Crippen molar-refractivity contribution in [3.63, 3.8) is 0 Å². The lowest BCUT2D eigenvalue weighted by molar-refractivity contribution is 0.229. The first-order chi connectivity index (χ1) is 6.40. The van der Waals surface area contributed by atoms with Crippen LogP contribution in [0.25, 0.3) is 0 Å². The highest BCUT2D eigenvalue weighted by atomic mass is 32.1. The molecule has 0 fully saturated rings. The second kappa shape index (κ2) is 5.96. The highest BCUT2D eigenvalue weighted by Crippen LogP contribution is 2.31. The highest BCUT2D eigenvalue weighted by molar-refractivity contribution is 7.80. The van der Waals surface area contributed by atoms with E-state index in [1.54, 1.807) is 0 Å². The molecule has 0 aliphatic heterocycles. The van der Waals surface area contributed by atoms with E-state index in [4.69, 9.17) is 5.73 Å². The molecule has 14 heavy (non-hydrogen) atoms. The Morgan fingerprint density at radius 1 is 1.64 bits per heavy atom. The molecule has 1 unspecified atom stereocenters. The maximum Gasteiger partial charge on any atom is 0.184 e. The molecule has 1 atom stereocenters. The van der Waals surface area contributed by atoms with Crippen molar-refractivity contribution in [2.24, 2.45) is 22.2 Å². The minimum absolute atomic E-state index is 0.212. The van der Waals surface area contributed by atoms with Gasteiger partial charge in [0.25, 0.3) is 0 Å². The fraction of sp³-hybridized carbons (Fsp3) is 0.800. The third-order valence-electron chi connectivity index (χ3n) is 2.97. The van der Waals surface area contributed by atoms with Gasteiger partial charge in [-0.05, 0) is 30.0 Å². The maximum atomic E-state index is 5.23. The molecule has 82 valence electrons. The molecule has 0 aliphatic rings. The van der Waals surface area contributed by atoms with Crippen molar-refractivity contribution < 1.29 is 0 Å². The number of nitrogens with zero attached hydrogens (tertiary/aromatic N) is 1. The predicted molar refractivity (Wildman–Crippen MR) is 66.3 cm³/mol. The zero-order chi connectivity index (χ0) is 11.2. The van der Waals surface area contributed by atoms with Gasteiger partial charge < -0.3 is 5.73 Å². The zero-order valence-corrected chi connectivity index (χ0v) is 10.3. The molecule has 0 aromatic rings. The Labute approximate surface area is 92.1 Å². The van der Waals surface area contributed by atoms with Gasteiger partial charge >= 0.3 is 0 Å². The van der Waals surface area contributed by atoms with Crippen LogP contribution in [0.1, 0.15) is 40.5 Å². The molecule has 0 saturated heterocycles. The van der Waals surface area contributed by atoms with Crippen molar-refractivity contribution in [2.45, 2.75) is 40.5 Å². The van der Waals surface area contributed by atoms with Crippen molar-refractivity contribution in [1.82, 2.24) is 5.43 Å². The van der Waals surface area contributed by atoms with Crippen molar-refractivity contribution in [3.05, 3.63) is 0 Å². The Kier molecular flexibility index (Phi) is 5.69. The number of nitrogens with two attached hydrogens (primary N) is 1. The monoisotopic (exact) mass is 215 g/mol. The first-order valence-electron chi connectivity index (χ1n) is 4.97. The molecule has 0 aromatic carbocycles. The lowest BCUT2D eigenvalue weighted by Crippen LogP contribution is -2.25. The second-order valence-electron chi connectivity index (χ2n) is 4.27. The van der Waals surface area contributed by atoms with Crippen LogP contribution in [0.15, 0.2) is 5.10 Å². The Balaban J connectivity index is 3.90. The minimum Gasteiger partial charge on any atom is -0.375 e. The van der Waals surface area contributed by atoms with Crippen molar-refractivity contribution in [1.29, 1.82) is 0 Å². The van der Waals surface area contributed by atoms with Gasteiger partial charge in [0.2, 0.25) is 0 Å². The summed E-state index contributed by atoms with van der Waals surface area (Å²) in [5.74, 6) is 0.601. The summed E-state index contributed by atoms with van der Waals surface area (Å²) >= 11 is 4.62. The fourth-order valence-corrected chi connectivity index (χ4v) is 1.04. The smallest absolute Gasteiger partial charge is 0.184 e. The number of hydrogen-bond acceptors (Lipinski definition) is 2. The average Bonchev–Trinajstić information content (AvgIpc) is 2.11. The summed E-state index contributed by atoms with van der Waals surface area (Å²) in [7, 11) is 0.